The minimum atomic E-state index is -4.16. The monoisotopic (exact) mass is 308 g/mol. The molecular formula is C12H12BrF3O. The molecule has 0 fully saturated rings. The highest BCUT2D eigenvalue weighted by Gasteiger charge is 2.32. The van der Waals surface area contributed by atoms with E-state index in [9.17, 15) is 13.2 Å². The fourth-order valence-corrected chi connectivity index (χ4v) is 2.61. The van der Waals surface area contributed by atoms with Crippen LogP contribution in [-0.2, 0) is 6.42 Å². The summed E-state index contributed by atoms with van der Waals surface area (Å²) in [5, 5.41) is 0. The molecule has 0 aromatic heterocycles. The molecule has 2 atom stereocenters. The summed E-state index contributed by atoms with van der Waals surface area (Å²) in [4.78, 5) is -0.691. The summed E-state index contributed by atoms with van der Waals surface area (Å²) in [5.41, 5.74) is 1.64. The van der Waals surface area contributed by atoms with Gasteiger partial charge >= 0.3 is 6.18 Å². The number of benzene rings is 1. The van der Waals surface area contributed by atoms with Crippen LogP contribution in [0.2, 0.25) is 0 Å². The van der Waals surface area contributed by atoms with Crippen molar-refractivity contribution in [3.63, 3.8) is 0 Å². The summed E-state index contributed by atoms with van der Waals surface area (Å²) >= 11 is 3.08. The molecule has 0 amide bonds. The van der Waals surface area contributed by atoms with Gasteiger partial charge < -0.3 is 4.74 Å². The van der Waals surface area contributed by atoms with E-state index in [0.29, 0.717) is 5.56 Å². The second-order valence-electron chi connectivity index (χ2n) is 4.29. The normalized spacial score (nSPS) is 20.9. The van der Waals surface area contributed by atoms with E-state index in [2.05, 4.69) is 15.9 Å². The van der Waals surface area contributed by atoms with E-state index in [1.807, 2.05) is 6.92 Å². The zero-order valence-electron chi connectivity index (χ0n) is 9.22. The largest absolute Gasteiger partial charge is 0.490 e. The second kappa shape index (κ2) is 4.52. The van der Waals surface area contributed by atoms with Gasteiger partial charge in [-0.3, -0.25) is 0 Å². The predicted octanol–water partition coefficient (Wildman–Crippen LogP) is 4.40. The Hall–Kier alpha value is -0.710. The Morgan fingerprint density at radius 1 is 1.47 bits per heavy atom. The number of halogens is 4. The minimum Gasteiger partial charge on any atom is -0.490 e. The van der Waals surface area contributed by atoms with E-state index in [1.165, 1.54) is 0 Å². The average molecular weight is 309 g/mol. The van der Waals surface area contributed by atoms with Crippen molar-refractivity contribution in [1.82, 2.24) is 0 Å². The van der Waals surface area contributed by atoms with Crippen molar-refractivity contribution in [3.05, 3.63) is 29.3 Å². The Kier molecular flexibility index (Phi) is 3.39. The Bertz CT molecular complexity index is 417. The Morgan fingerprint density at radius 3 is 2.82 bits per heavy atom. The molecule has 1 aromatic carbocycles. The lowest BCUT2D eigenvalue weighted by molar-refractivity contribution is -0.134. The molecule has 0 radical (unpaired) electrons. The second-order valence-corrected chi connectivity index (χ2v) is 5.39. The lowest BCUT2D eigenvalue weighted by atomic mass is 10.0. The number of alkyl halides is 4. The Balaban J connectivity index is 2.16. The number of fused-ring (bicyclic) bond motifs is 1. The van der Waals surface area contributed by atoms with E-state index in [4.69, 9.17) is 4.74 Å². The van der Waals surface area contributed by atoms with Gasteiger partial charge in [0.25, 0.3) is 0 Å². The van der Waals surface area contributed by atoms with Crippen LogP contribution in [0.3, 0.4) is 0 Å². The smallest absolute Gasteiger partial charge is 0.390 e. The quantitative estimate of drug-likeness (QED) is 0.736. The molecule has 1 heterocycles. The first-order valence-corrected chi connectivity index (χ1v) is 6.27. The maximum Gasteiger partial charge on any atom is 0.390 e. The molecule has 0 spiro atoms. The van der Waals surface area contributed by atoms with Gasteiger partial charge in [-0.15, -0.1) is 0 Å². The van der Waals surface area contributed by atoms with Crippen LogP contribution in [0.4, 0.5) is 13.2 Å². The van der Waals surface area contributed by atoms with Gasteiger partial charge in [-0.1, -0.05) is 28.1 Å². The molecule has 0 aliphatic carbocycles. The summed E-state index contributed by atoms with van der Waals surface area (Å²) in [6.45, 7) is 1.95. The SMILES string of the molecule is CC1Cc2cc(C(Br)CC(F)(F)F)ccc2O1. The number of hydrogen-bond acceptors (Lipinski definition) is 1. The van der Waals surface area contributed by atoms with Crippen LogP contribution in [0.5, 0.6) is 5.75 Å². The van der Waals surface area contributed by atoms with E-state index in [-0.39, 0.29) is 6.10 Å². The van der Waals surface area contributed by atoms with Crippen LogP contribution in [0, 0.1) is 0 Å². The summed E-state index contributed by atoms with van der Waals surface area (Å²) in [5.74, 6) is 0.785. The molecule has 0 N–H and O–H groups in total. The first-order valence-electron chi connectivity index (χ1n) is 5.35. The molecule has 1 nitrogen and oxygen atoms in total. The molecule has 0 saturated heterocycles. The summed E-state index contributed by atoms with van der Waals surface area (Å²) in [6.07, 6.45) is -4.15. The molecule has 1 aromatic rings. The lowest BCUT2D eigenvalue weighted by Crippen LogP contribution is -2.10. The van der Waals surface area contributed by atoms with Gasteiger partial charge in [0.2, 0.25) is 0 Å². The maximum absolute atomic E-state index is 12.3. The molecule has 2 rings (SSSR count). The molecule has 1 aliphatic heterocycles. The zero-order chi connectivity index (χ0) is 12.6. The van der Waals surface area contributed by atoms with Crippen molar-refractivity contribution >= 4 is 15.9 Å². The molecule has 1 aliphatic rings. The first kappa shape index (κ1) is 12.7. The maximum atomic E-state index is 12.3. The molecule has 94 valence electrons. The molecular weight excluding hydrogens is 297 g/mol. The third-order valence-electron chi connectivity index (χ3n) is 2.69. The molecule has 2 unspecified atom stereocenters. The van der Waals surface area contributed by atoms with Crippen molar-refractivity contribution in [1.29, 1.82) is 0 Å². The predicted molar refractivity (Wildman–Crippen MR) is 62.6 cm³/mol. The van der Waals surface area contributed by atoms with Gasteiger partial charge in [0.05, 0.1) is 6.42 Å². The van der Waals surface area contributed by atoms with Gasteiger partial charge in [-0.05, 0) is 24.1 Å². The van der Waals surface area contributed by atoms with Crippen LogP contribution in [0.25, 0.3) is 0 Å². The topological polar surface area (TPSA) is 9.23 Å². The van der Waals surface area contributed by atoms with Crippen LogP contribution in [-0.4, -0.2) is 12.3 Å². The highest BCUT2D eigenvalue weighted by Crippen LogP contribution is 2.38. The Labute approximate surface area is 106 Å². The average Bonchev–Trinajstić information content (AvgIpc) is 2.53. The number of ether oxygens (including phenoxy) is 1. The zero-order valence-corrected chi connectivity index (χ0v) is 10.8. The lowest BCUT2D eigenvalue weighted by Gasteiger charge is -2.13. The molecule has 5 heteroatoms. The summed E-state index contributed by atoms with van der Waals surface area (Å²) < 4.78 is 42.3. The standard InChI is InChI=1S/C12H12BrF3O/c1-7-4-9-5-8(2-3-11(9)17-7)10(13)6-12(14,15)16/h2-3,5,7,10H,4,6H2,1H3. The van der Waals surface area contributed by atoms with Crippen molar-refractivity contribution in [2.24, 2.45) is 0 Å². The van der Waals surface area contributed by atoms with Gasteiger partial charge in [0.1, 0.15) is 11.9 Å². The third kappa shape index (κ3) is 3.15. The van der Waals surface area contributed by atoms with E-state index >= 15 is 0 Å². The van der Waals surface area contributed by atoms with Crippen LogP contribution in [0.1, 0.15) is 29.3 Å². The third-order valence-corrected chi connectivity index (χ3v) is 3.54. The minimum absolute atomic E-state index is 0.108. The van der Waals surface area contributed by atoms with Crippen LogP contribution < -0.4 is 4.74 Å². The number of rotatable bonds is 2. The van der Waals surface area contributed by atoms with Gasteiger partial charge in [0, 0.05) is 11.2 Å². The van der Waals surface area contributed by atoms with E-state index in [1.54, 1.807) is 18.2 Å². The van der Waals surface area contributed by atoms with Crippen molar-refractivity contribution in [3.8, 4) is 5.75 Å². The van der Waals surface area contributed by atoms with Crippen molar-refractivity contribution in [2.75, 3.05) is 0 Å². The summed E-state index contributed by atoms with van der Waals surface area (Å²) in [7, 11) is 0. The van der Waals surface area contributed by atoms with Crippen molar-refractivity contribution in [2.45, 2.75) is 36.9 Å². The fourth-order valence-electron chi connectivity index (χ4n) is 1.96. The summed E-state index contributed by atoms with van der Waals surface area (Å²) in [6, 6.07) is 5.23. The molecule has 0 bridgehead atoms. The number of hydrogen-bond donors (Lipinski definition) is 0. The van der Waals surface area contributed by atoms with E-state index < -0.39 is 17.4 Å². The van der Waals surface area contributed by atoms with Gasteiger partial charge in [0.15, 0.2) is 0 Å². The molecule has 0 saturated carbocycles. The van der Waals surface area contributed by atoms with E-state index in [0.717, 1.165) is 17.7 Å². The fraction of sp³-hybridized carbons (Fsp3) is 0.500. The van der Waals surface area contributed by atoms with Crippen molar-refractivity contribution < 1.29 is 17.9 Å². The molecule has 17 heavy (non-hydrogen) atoms. The first-order chi connectivity index (χ1) is 7.85. The Morgan fingerprint density at radius 2 is 2.18 bits per heavy atom. The highest BCUT2D eigenvalue weighted by atomic mass is 79.9. The van der Waals surface area contributed by atoms with Crippen LogP contribution >= 0.6 is 15.9 Å². The highest BCUT2D eigenvalue weighted by molar-refractivity contribution is 9.09. The van der Waals surface area contributed by atoms with Gasteiger partial charge in [-0.25, -0.2) is 0 Å². The van der Waals surface area contributed by atoms with Crippen LogP contribution in [0.15, 0.2) is 18.2 Å². The van der Waals surface area contributed by atoms with Gasteiger partial charge in [-0.2, -0.15) is 13.2 Å².